The van der Waals surface area contributed by atoms with Crippen LogP contribution in [-0.2, 0) is 17.9 Å². The average Bonchev–Trinajstić information content (AvgIpc) is 2.84. The topological polar surface area (TPSA) is 56.2 Å². The summed E-state index contributed by atoms with van der Waals surface area (Å²) >= 11 is 3.43. The van der Waals surface area contributed by atoms with E-state index in [2.05, 4.69) is 26.3 Å². The number of aryl methyl sites for hydroxylation is 2. The lowest BCUT2D eigenvalue weighted by atomic mass is 10.2. The van der Waals surface area contributed by atoms with Crippen LogP contribution in [-0.4, -0.2) is 22.3 Å². The van der Waals surface area contributed by atoms with Gasteiger partial charge in [-0.1, -0.05) is 18.2 Å². The van der Waals surface area contributed by atoms with Gasteiger partial charge in [-0.3, -0.25) is 9.48 Å². The molecule has 2 aromatic rings. The first-order chi connectivity index (χ1) is 10.1. The molecule has 0 aliphatic rings. The molecule has 112 valence electrons. The number of benzene rings is 1. The fourth-order valence-corrected chi connectivity index (χ4v) is 2.27. The zero-order valence-corrected chi connectivity index (χ0v) is 13.7. The molecule has 6 heteroatoms. The van der Waals surface area contributed by atoms with Gasteiger partial charge in [0.15, 0.2) is 6.61 Å². The molecule has 0 radical (unpaired) electrons. The van der Waals surface area contributed by atoms with Gasteiger partial charge < -0.3 is 10.1 Å². The first-order valence-electron chi connectivity index (χ1n) is 6.77. The van der Waals surface area contributed by atoms with Crippen molar-refractivity contribution in [3.05, 3.63) is 46.2 Å². The van der Waals surface area contributed by atoms with Crippen LogP contribution in [0.3, 0.4) is 0 Å². The van der Waals surface area contributed by atoms with E-state index in [9.17, 15) is 4.79 Å². The predicted octanol–water partition coefficient (Wildman–Crippen LogP) is 2.67. The summed E-state index contributed by atoms with van der Waals surface area (Å²) in [6, 6.07) is 7.61. The van der Waals surface area contributed by atoms with Crippen molar-refractivity contribution in [2.24, 2.45) is 0 Å². The van der Waals surface area contributed by atoms with Gasteiger partial charge in [-0.05, 0) is 41.4 Å². The molecule has 1 aromatic carbocycles. The van der Waals surface area contributed by atoms with Gasteiger partial charge in [-0.2, -0.15) is 5.10 Å². The molecule has 1 heterocycles. The number of halogens is 1. The molecule has 0 atom stereocenters. The number of aromatic nitrogens is 2. The minimum absolute atomic E-state index is 0.00302. The van der Waals surface area contributed by atoms with E-state index in [1.54, 1.807) is 0 Å². The number of para-hydroxylation sites is 1. The van der Waals surface area contributed by atoms with Crippen LogP contribution in [0, 0.1) is 6.92 Å². The Labute approximate surface area is 132 Å². The van der Waals surface area contributed by atoms with E-state index in [1.165, 1.54) is 0 Å². The van der Waals surface area contributed by atoms with Crippen LogP contribution >= 0.6 is 15.9 Å². The third-order valence-corrected chi connectivity index (χ3v) is 3.68. The van der Waals surface area contributed by atoms with E-state index < -0.39 is 0 Å². The maximum absolute atomic E-state index is 11.8. The summed E-state index contributed by atoms with van der Waals surface area (Å²) in [4.78, 5) is 11.8. The van der Waals surface area contributed by atoms with Crippen LogP contribution in [0.2, 0.25) is 0 Å². The van der Waals surface area contributed by atoms with Crippen LogP contribution in [0.5, 0.6) is 5.75 Å². The number of nitrogens with zero attached hydrogens (tertiary/aromatic N) is 2. The zero-order valence-electron chi connectivity index (χ0n) is 12.1. The Kier molecular flexibility index (Phi) is 5.38. The maximum atomic E-state index is 11.8. The van der Waals surface area contributed by atoms with Gasteiger partial charge in [0.05, 0.1) is 16.7 Å². The molecule has 21 heavy (non-hydrogen) atoms. The van der Waals surface area contributed by atoms with Crippen LogP contribution in [0.1, 0.15) is 18.2 Å². The molecule has 1 aromatic heterocycles. The van der Waals surface area contributed by atoms with Crippen molar-refractivity contribution in [3.8, 4) is 5.75 Å². The van der Waals surface area contributed by atoms with E-state index in [0.717, 1.165) is 28.0 Å². The fraction of sp³-hybridized carbons (Fsp3) is 0.333. The summed E-state index contributed by atoms with van der Waals surface area (Å²) in [7, 11) is 0. The van der Waals surface area contributed by atoms with Crippen LogP contribution in [0.25, 0.3) is 0 Å². The van der Waals surface area contributed by atoms with Crippen LogP contribution in [0.15, 0.2) is 34.9 Å². The predicted molar refractivity (Wildman–Crippen MR) is 84.1 cm³/mol. The Morgan fingerprint density at radius 1 is 1.43 bits per heavy atom. The second kappa shape index (κ2) is 7.26. The SMILES string of the molecule is CCn1cc(Br)c(CNC(=O)COc2ccccc2C)n1. The molecular weight excluding hydrogens is 334 g/mol. The molecule has 0 saturated heterocycles. The van der Waals surface area contributed by atoms with Crippen molar-refractivity contribution in [2.75, 3.05) is 6.61 Å². The molecule has 1 amide bonds. The zero-order chi connectivity index (χ0) is 15.2. The molecule has 0 aliphatic heterocycles. The number of amides is 1. The van der Waals surface area contributed by atoms with Gasteiger partial charge in [-0.25, -0.2) is 0 Å². The Morgan fingerprint density at radius 3 is 2.86 bits per heavy atom. The summed E-state index contributed by atoms with van der Waals surface area (Å²) in [5.74, 6) is 0.556. The van der Waals surface area contributed by atoms with Crippen molar-refractivity contribution < 1.29 is 9.53 Å². The summed E-state index contributed by atoms with van der Waals surface area (Å²) in [6.45, 7) is 5.13. The van der Waals surface area contributed by atoms with Gasteiger partial charge in [-0.15, -0.1) is 0 Å². The summed E-state index contributed by atoms with van der Waals surface area (Å²) in [6.07, 6.45) is 1.89. The average molecular weight is 352 g/mol. The molecule has 5 nitrogen and oxygen atoms in total. The summed E-state index contributed by atoms with van der Waals surface area (Å²) in [5.41, 5.74) is 1.82. The van der Waals surface area contributed by atoms with Gasteiger partial charge >= 0.3 is 0 Å². The highest BCUT2D eigenvalue weighted by Gasteiger charge is 2.09. The highest BCUT2D eigenvalue weighted by atomic mass is 79.9. The van der Waals surface area contributed by atoms with Gasteiger partial charge in [0.25, 0.3) is 5.91 Å². The fourth-order valence-electron chi connectivity index (χ4n) is 1.81. The smallest absolute Gasteiger partial charge is 0.258 e. The van der Waals surface area contributed by atoms with E-state index in [0.29, 0.717) is 6.54 Å². The molecule has 0 spiro atoms. The van der Waals surface area contributed by atoms with Gasteiger partial charge in [0, 0.05) is 12.7 Å². The molecule has 0 unspecified atom stereocenters. The lowest BCUT2D eigenvalue weighted by Gasteiger charge is -2.08. The van der Waals surface area contributed by atoms with Crippen molar-refractivity contribution in [1.82, 2.24) is 15.1 Å². The summed E-state index contributed by atoms with van der Waals surface area (Å²) in [5, 5.41) is 7.14. The van der Waals surface area contributed by atoms with Gasteiger partial charge in [0.2, 0.25) is 0 Å². The lowest BCUT2D eigenvalue weighted by molar-refractivity contribution is -0.123. The Bertz CT molecular complexity index is 625. The third kappa shape index (κ3) is 4.32. The molecular formula is C15H18BrN3O2. The number of carbonyl (C=O) groups is 1. The van der Waals surface area contributed by atoms with Crippen LogP contribution < -0.4 is 10.1 Å². The minimum Gasteiger partial charge on any atom is -0.484 e. The number of carbonyl (C=O) groups excluding carboxylic acids is 1. The molecule has 0 saturated carbocycles. The molecule has 0 fully saturated rings. The Morgan fingerprint density at radius 2 is 2.19 bits per heavy atom. The monoisotopic (exact) mass is 351 g/mol. The first kappa shape index (κ1) is 15.6. The highest BCUT2D eigenvalue weighted by molar-refractivity contribution is 9.10. The van der Waals surface area contributed by atoms with Crippen molar-refractivity contribution >= 4 is 21.8 Å². The highest BCUT2D eigenvalue weighted by Crippen LogP contribution is 2.16. The molecule has 0 aliphatic carbocycles. The maximum Gasteiger partial charge on any atom is 0.258 e. The number of nitrogens with one attached hydrogen (secondary N) is 1. The number of hydrogen-bond acceptors (Lipinski definition) is 3. The third-order valence-electron chi connectivity index (χ3n) is 3.02. The normalized spacial score (nSPS) is 10.4. The Hall–Kier alpha value is -1.82. The number of ether oxygens (including phenoxy) is 1. The van der Waals surface area contributed by atoms with E-state index in [1.807, 2.05) is 49.0 Å². The molecule has 2 rings (SSSR count). The molecule has 1 N–H and O–H groups in total. The van der Waals surface area contributed by atoms with Crippen molar-refractivity contribution in [2.45, 2.75) is 26.9 Å². The quantitative estimate of drug-likeness (QED) is 0.870. The van der Waals surface area contributed by atoms with E-state index >= 15 is 0 Å². The second-order valence-corrected chi connectivity index (χ2v) is 5.46. The van der Waals surface area contributed by atoms with Crippen molar-refractivity contribution in [1.29, 1.82) is 0 Å². The first-order valence-corrected chi connectivity index (χ1v) is 7.56. The van der Waals surface area contributed by atoms with Gasteiger partial charge in [0.1, 0.15) is 5.75 Å². The van der Waals surface area contributed by atoms with Crippen molar-refractivity contribution in [3.63, 3.8) is 0 Å². The van der Waals surface area contributed by atoms with E-state index in [-0.39, 0.29) is 12.5 Å². The lowest BCUT2D eigenvalue weighted by Crippen LogP contribution is -2.28. The standard InChI is InChI=1S/C15H18BrN3O2/c1-3-19-9-12(16)13(18-19)8-17-15(20)10-21-14-7-5-4-6-11(14)2/h4-7,9H,3,8,10H2,1-2H3,(H,17,20). The van der Waals surface area contributed by atoms with Crippen LogP contribution in [0.4, 0.5) is 0 Å². The number of hydrogen-bond donors (Lipinski definition) is 1. The Balaban J connectivity index is 1.82. The molecule has 0 bridgehead atoms. The number of rotatable bonds is 6. The minimum atomic E-state index is -0.170. The summed E-state index contributed by atoms with van der Waals surface area (Å²) < 4.78 is 8.20. The second-order valence-electron chi connectivity index (χ2n) is 4.61. The van der Waals surface area contributed by atoms with E-state index in [4.69, 9.17) is 4.74 Å². The largest absolute Gasteiger partial charge is 0.484 e.